The lowest BCUT2D eigenvalue weighted by Crippen LogP contribution is -2.28. The Bertz CT molecular complexity index is 250. The van der Waals surface area contributed by atoms with E-state index < -0.39 is 6.72 Å². The van der Waals surface area contributed by atoms with Gasteiger partial charge in [0.05, 0.1) is 0 Å². The number of rotatable bonds is 1. The summed E-state index contributed by atoms with van der Waals surface area (Å²) in [4.78, 5) is 0. The van der Waals surface area contributed by atoms with Crippen LogP contribution in [0.25, 0.3) is 0 Å². The van der Waals surface area contributed by atoms with Crippen LogP contribution in [0.4, 0.5) is 0 Å². The largest absolute Gasteiger partial charge is 0.328 e. The molecule has 2 atom stereocenters. The highest BCUT2D eigenvalue weighted by atomic mass is 32.7. The molecule has 1 aliphatic rings. The lowest BCUT2D eigenvalue weighted by Gasteiger charge is -2.32. The molecule has 5 heteroatoms. The van der Waals surface area contributed by atoms with Crippen molar-refractivity contribution in [3.63, 3.8) is 0 Å². The molecule has 0 bridgehead atoms. The van der Waals surface area contributed by atoms with Crippen molar-refractivity contribution in [2.45, 2.75) is 0 Å². The third-order valence-electron chi connectivity index (χ3n) is 1.81. The van der Waals surface area contributed by atoms with Crippen molar-refractivity contribution in [2.75, 3.05) is 26.5 Å². The zero-order valence-electron chi connectivity index (χ0n) is 7.19. The van der Waals surface area contributed by atoms with E-state index in [9.17, 15) is 4.57 Å². The SMILES string of the molecule is C#CC1CSP(=O)(OC)N(C)C1. The Kier molecular flexibility index (Phi) is 3.25. The molecule has 0 aromatic carbocycles. The molecule has 0 aromatic rings. The van der Waals surface area contributed by atoms with E-state index in [1.54, 1.807) is 11.7 Å². The van der Waals surface area contributed by atoms with Gasteiger partial charge in [0.25, 0.3) is 0 Å². The first-order valence-corrected chi connectivity index (χ1v) is 6.77. The van der Waals surface area contributed by atoms with Gasteiger partial charge in [-0.1, -0.05) is 11.4 Å². The van der Waals surface area contributed by atoms with Gasteiger partial charge in [-0.05, 0) is 7.05 Å². The predicted octanol–water partition coefficient (Wildman–Crippen LogP) is 1.67. The first-order chi connectivity index (χ1) is 5.62. The van der Waals surface area contributed by atoms with Gasteiger partial charge in [-0.15, -0.1) is 12.3 Å². The third kappa shape index (κ3) is 1.86. The van der Waals surface area contributed by atoms with Gasteiger partial charge in [0, 0.05) is 25.3 Å². The minimum absolute atomic E-state index is 0.192. The summed E-state index contributed by atoms with van der Waals surface area (Å²) in [6.07, 6.45) is 5.27. The minimum atomic E-state index is -2.58. The number of hydrogen-bond acceptors (Lipinski definition) is 3. The minimum Gasteiger partial charge on any atom is -0.313 e. The second-order valence-electron chi connectivity index (χ2n) is 2.65. The van der Waals surface area contributed by atoms with Crippen molar-refractivity contribution in [3.05, 3.63) is 0 Å². The van der Waals surface area contributed by atoms with Gasteiger partial charge in [-0.2, -0.15) is 0 Å². The van der Waals surface area contributed by atoms with E-state index in [4.69, 9.17) is 10.9 Å². The molecule has 1 saturated heterocycles. The summed E-state index contributed by atoms with van der Waals surface area (Å²) >= 11 is 1.32. The van der Waals surface area contributed by atoms with Gasteiger partial charge < -0.3 is 4.52 Å². The van der Waals surface area contributed by atoms with Crippen molar-refractivity contribution < 1.29 is 9.09 Å². The van der Waals surface area contributed by atoms with E-state index in [2.05, 4.69) is 5.92 Å². The van der Waals surface area contributed by atoms with Crippen molar-refractivity contribution >= 4 is 18.1 Å². The molecule has 12 heavy (non-hydrogen) atoms. The van der Waals surface area contributed by atoms with E-state index in [0.29, 0.717) is 6.54 Å². The molecule has 1 rings (SSSR count). The van der Waals surface area contributed by atoms with E-state index in [1.807, 2.05) is 0 Å². The van der Waals surface area contributed by atoms with Crippen molar-refractivity contribution in [1.29, 1.82) is 0 Å². The maximum atomic E-state index is 11.8. The number of hydrogen-bond donors (Lipinski definition) is 0. The van der Waals surface area contributed by atoms with Crippen LogP contribution in [0.5, 0.6) is 0 Å². The Labute approximate surface area is 77.1 Å². The molecule has 2 unspecified atom stereocenters. The quantitative estimate of drug-likeness (QED) is 0.481. The smallest absolute Gasteiger partial charge is 0.313 e. The number of nitrogens with zero attached hydrogens (tertiary/aromatic N) is 1. The summed E-state index contributed by atoms with van der Waals surface area (Å²) in [6, 6.07) is 0. The monoisotopic (exact) mass is 205 g/mol. The molecule has 1 heterocycles. The summed E-state index contributed by atoms with van der Waals surface area (Å²) in [5.74, 6) is 3.58. The molecule has 0 aliphatic carbocycles. The Hall–Kier alpha value is 0.0600. The second kappa shape index (κ2) is 3.85. The number of terminal acetylenes is 1. The first-order valence-electron chi connectivity index (χ1n) is 3.60. The van der Waals surface area contributed by atoms with Crippen LogP contribution in [-0.4, -0.2) is 31.1 Å². The molecule has 68 valence electrons. The van der Waals surface area contributed by atoms with E-state index in [0.717, 1.165) is 5.75 Å². The molecule has 0 aromatic heterocycles. The van der Waals surface area contributed by atoms with Gasteiger partial charge in [-0.3, -0.25) is 4.57 Å². The highest BCUT2D eigenvalue weighted by Gasteiger charge is 2.35. The normalized spacial score (nSPS) is 37.6. The van der Waals surface area contributed by atoms with Gasteiger partial charge in [-0.25, -0.2) is 4.67 Å². The molecular weight excluding hydrogens is 193 g/mol. The summed E-state index contributed by atoms with van der Waals surface area (Å²) in [7, 11) is 3.25. The fraction of sp³-hybridized carbons (Fsp3) is 0.714. The van der Waals surface area contributed by atoms with Crippen LogP contribution in [0, 0.1) is 18.3 Å². The second-order valence-corrected chi connectivity index (χ2v) is 7.39. The topological polar surface area (TPSA) is 29.5 Å². The Morgan fingerprint density at radius 1 is 1.83 bits per heavy atom. The van der Waals surface area contributed by atoms with Gasteiger partial charge in [0.2, 0.25) is 0 Å². The third-order valence-corrected chi connectivity index (χ3v) is 6.86. The molecule has 0 radical (unpaired) electrons. The van der Waals surface area contributed by atoms with Crippen LogP contribution in [0.1, 0.15) is 0 Å². The average Bonchev–Trinajstić information content (AvgIpc) is 2.10. The maximum absolute atomic E-state index is 11.8. The van der Waals surface area contributed by atoms with Gasteiger partial charge >= 0.3 is 6.72 Å². The molecule has 1 fully saturated rings. The van der Waals surface area contributed by atoms with E-state index >= 15 is 0 Å². The Balaban J connectivity index is 2.67. The molecule has 0 N–H and O–H groups in total. The van der Waals surface area contributed by atoms with Crippen LogP contribution in [0.2, 0.25) is 0 Å². The van der Waals surface area contributed by atoms with Gasteiger partial charge in [0.15, 0.2) is 0 Å². The standard InChI is InChI=1S/C7H12NO2PS/c1-4-7-5-8(2)11(9,10-3)12-6-7/h1,7H,5-6H2,2-3H3. The average molecular weight is 205 g/mol. The van der Waals surface area contributed by atoms with Crippen LogP contribution in [0.3, 0.4) is 0 Å². The molecule has 0 saturated carbocycles. The fourth-order valence-corrected chi connectivity index (χ4v) is 4.81. The Morgan fingerprint density at radius 2 is 2.50 bits per heavy atom. The molecule has 3 nitrogen and oxygen atoms in total. The lowest BCUT2D eigenvalue weighted by atomic mass is 10.2. The fourth-order valence-electron chi connectivity index (χ4n) is 1.05. The highest BCUT2D eigenvalue weighted by Crippen LogP contribution is 2.63. The lowest BCUT2D eigenvalue weighted by molar-refractivity contribution is 0.333. The molecular formula is C7H12NO2PS. The Morgan fingerprint density at radius 3 is 2.92 bits per heavy atom. The molecule has 0 spiro atoms. The van der Waals surface area contributed by atoms with Crippen LogP contribution >= 0.6 is 18.1 Å². The van der Waals surface area contributed by atoms with Crippen molar-refractivity contribution in [3.8, 4) is 12.3 Å². The highest BCUT2D eigenvalue weighted by molar-refractivity contribution is 8.55. The summed E-state index contributed by atoms with van der Waals surface area (Å²) in [5.41, 5.74) is 0. The summed E-state index contributed by atoms with van der Waals surface area (Å²) in [6.45, 7) is -1.92. The maximum Gasteiger partial charge on any atom is 0.328 e. The zero-order chi connectivity index (χ0) is 9.19. The van der Waals surface area contributed by atoms with Crippen molar-refractivity contribution in [2.24, 2.45) is 5.92 Å². The van der Waals surface area contributed by atoms with E-state index in [-0.39, 0.29) is 5.92 Å². The molecule has 0 amide bonds. The van der Waals surface area contributed by atoms with Crippen LogP contribution in [0.15, 0.2) is 0 Å². The van der Waals surface area contributed by atoms with E-state index in [1.165, 1.54) is 18.5 Å². The van der Waals surface area contributed by atoms with Crippen molar-refractivity contribution in [1.82, 2.24) is 4.67 Å². The summed E-state index contributed by atoms with van der Waals surface area (Å²) < 4.78 is 18.5. The summed E-state index contributed by atoms with van der Waals surface area (Å²) in [5, 5.41) is 0. The van der Waals surface area contributed by atoms with Gasteiger partial charge in [0.1, 0.15) is 0 Å². The molecule has 1 aliphatic heterocycles. The zero-order valence-corrected chi connectivity index (χ0v) is 8.90. The van der Waals surface area contributed by atoms with Crippen LogP contribution < -0.4 is 0 Å². The van der Waals surface area contributed by atoms with Crippen LogP contribution in [-0.2, 0) is 9.09 Å². The first kappa shape index (κ1) is 10.1. The predicted molar refractivity (Wildman–Crippen MR) is 52.0 cm³/mol.